The Bertz CT molecular complexity index is 1190. The maximum Gasteiger partial charge on any atom is 0.116 e. The Balaban J connectivity index is 2.00. The highest BCUT2D eigenvalue weighted by atomic mass is 14.8. The molecule has 0 atom stereocenters. The fourth-order valence-corrected chi connectivity index (χ4v) is 4.52. The van der Waals surface area contributed by atoms with Crippen molar-refractivity contribution in [1.82, 2.24) is 9.97 Å². The molecule has 0 fully saturated rings. The van der Waals surface area contributed by atoms with Gasteiger partial charge < -0.3 is 0 Å². The molecule has 3 aromatic carbocycles. The van der Waals surface area contributed by atoms with E-state index in [1.807, 2.05) is 0 Å². The average Bonchev–Trinajstić information content (AvgIpc) is 2.64. The van der Waals surface area contributed by atoms with E-state index >= 15 is 0 Å². The van der Waals surface area contributed by atoms with Crippen molar-refractivity contribution in [1.29, 1.82) is 0 Å². The van der Waals surface area contributed by atoms with Gasteiger partial charge >= 0.3 is 0 Å². The van der Waals surface area contributed by atoms with E-state index in [0.29, 0.717) is 5.92 Å². The molecule has 4 aromatic rings. The van der Waals surface area contributed by atoms with Crippen LogP contribution >= 0.6 is 0 Å². The van der Waals surface area contributed by atoms with Gasteiger partial charge in [0.2, 0.25) is 0 Å². The lowest BCUT2D eigenvalue weighted by atomic mass is 9.68. The number of benzene rings is 3. The van der Waals surface area contributed by atoms with Crippen LogP contribution in [0.15, 0.2) is 54.9 Å². The topological polar surface area (TPSA) is 25.8 Å². The molecule has 0 radical (unpaired) electrons. The third-order valence-corrected chi connectivity index (χ3v) is 5.91. The predicted molar refractivity (Wildman–Crippen MR) is 109 cm³/mol. The second-order valence-electron chi connectivity index (χ2n) is 8.17. The van der Waals surface area contributed by atoms with E-state index in [0.717, 1.165) is 11.2 Å². The van der Waals surface area contributed by atoms with Crippen molar-refractivity contribution >= 4 is 21.7 Å². The molecule has 128 valence electrons. The molecule has 0 saturated carbocycles. The smallest absolute Gasteiger partial charge is 0.116 e. The van der Waals surface area contributed by atoms with E-state index < -0.39 is 0 Å². The van der Waals surface area contributed by atoms with Crippen molar-refractivity contribution in [2.24, 2.45) is 0 Å². The first-order chi connectivity index (χ1) is 12.5. The van der Waals surface area contributed by atoms with Gasteiger partial charge in [0.1, 0.15) is 6.33 Å². The van der Waals surface area contributed by atoms with E-state index in [4.69, 9.17) is 4.98 Å². The van der Waals surface area contributed by atoms with Crippen LogP contribution in [0.1, 0.15) is 50.3 Å². The summed E-state index contributed by atoms with van der Waals surface area (Å²) in [6.45, 7) is 9.17. The van der Waals surface area contributed by atoms with Crippen LogP contribution in [0.25, 0.3) is 32.9 Å². The Morgan fingerprint density at radius 3 is 2.54 bits per heavy atom. The minimum atomic E-state index is -0.100. The molecule has 1 aromatic heterocycles. The number of fused-ring (bicyclic) bond motifs is 4. The molecule has 2 nitrogen and oxygen atoms in total. The van der Waals surface area contributed by atoms with Crippen LogP contribution < -0.4 is 0 Å². The molecule has 5 rings (SSSR count). The summed E-state index contributed by atoms with van der Waals surface area (Å²) in [6, 6.07) is 17.7. The quantitative estimate of drug-likeness (QED) is 0.412. The normalized spacial score (nSPS) is 14.8. The predicted octanol–water partition coefficient (Wildman–Crippen LogP) is 6.21. The maximum absolute atomic E-state index is 4.71. The molecule has 0 spiro atoms. The van der Waals surface area contributed by atoms with E-state index in [2.05, 4.69) is 81.2 Å². The first-order valence-electron chi connectivity index (χ1n) is 9.30. The summed E-state index contributed by atoms with van der Waals surface area (Å²) in [5.41, 5.74) is 7.34. The Morgan fingerprint density at radius 1 is 0.923 bits per heavy atom. The molecule has 1 heterocycles. The Hall–Kier alpha value is -2.74. The highest BCUT2D eigenvalue weighted by molar-refractivity contribution is 6.04. The standard InChI is InChI=1S/C24H22N2/c1-14(2)16-11-19-21-20(12-16)25-13-26-23(21)18-10-9-15-7-5-6-8-17(15)22(18)24(19,3)4/h5-14H,1-4H3. The van der Waals surface area contributed by atoms with Crippen molar-refractivity contribution in [3.8, 4) is 11.3 Å². The van der Waals surface area contributed by atoms with Crippen LogP contribution in [0.5, 0.6) is 0 Å². The third-order valence-electron chi connectivity index (χ3n) is 5.91. The highest BCUT2D eigenvalue weighted by Gasteiger charge is 2.36. The Morgan fingerprint density at radius 2 is 1.73 bits per heavy atom. The lowest BCUT2D eigenvalue weighted by Crippen LogP contribution is -2.25. The Kier molecular flexibility index (Phi) is 3.06. The monoisotopic (exact) mass is 338 g/mol. The Labute approximate surface area is 153 Å². The largest absolute Gasteiger partial charge is 0.236 e. The summed E-state index contributed by atoms with van der Waals surface area (Å²) >= 11 is 0. The minimum Gasteiger partial charge on any atom is -0.236 e. The highest BCUT2D eigenvalue weighted by Crippen LogP contribution is 2.50. The summed E-state index contributed by atoms with van der Waals surface area (Å²) in [6.07, 6.45) is 1.71. The molecule has 0 aliphatic heterocycles. The molecule has 2 heteroatoms. The minimum absolute atomic E-state index is 0.100. The summed E-state index contributed by atoms with van der Waals surface area (Å²) in [7, 11) is 0. The molecule has 1 aliphatic rings. The number of hydrogen-bond acceptors (Lipinski definition) is 2. The lowest BCUT2D eigenvalue weighted by Gasteiger charge is -2.36. The van der Waals surface area contributed by atoms with Crippen molar-refractivity contribution in [3.05, 3.63) is 71.5 Å². The number of rotatable bonds is 1. The number of aromatic nitrogens is 2. The summed E-state index contributed by atoms with van der Waals surface area (Å²) < 4.78 is 0. The van der Waals surface area contributed by atoms with Gasteiger partial charge in [-0.15, -0.1) is 0 Å². The van der Waals surface area contributed by atoms with Crippen LogP contribution in [0, 0.1) is 0 Å². The molecular formula is C24H22N2. The van der Waals surface area contributed by atoms with Crippen molar-refractivity contribution in [3.63, 3.8) is 0 Å². The van der Waals surface area contributed by atoms with Gasteiger partial charge in [0, 0.05) is 16.4 Å². The summed E-state index contributed by atoms with van der Waals surface area (Å²) in [4.78, 5) is 9.33. The van der Waals surface area contributed by atoms with Gasteiger partial charge in [-0.25, -0.2) is 9.97 Å². The van der Waals surface area contributed by atoms with Crippen LogP contribution in [-0.2, 0) is 5.41 Å². The van der Waals surface area contributed by atoms with Crippen molar-refractivity contribution in [2.75, 3.05) is 0 Å². The fourth-order valence-electron chi connectivity index (χ4n) is 4.52. The molecule has 0 N–H and O–H groups in total. The van der Waals surface area contributed by atoms with Gasteiger partial charge in [-0.3, -0.25) is 0 Å². The summed E-state index contributed by atoms with van der Waals surface area (Å²) in [5, 5.41) is 3.82. The van der Waals surface area contributed by atoms with Crippen LogP contribution in [0.2, 0.25) is 0 Å². The van der Waals surface area contributed by atoms with Gasteiger partial charge in [0.15, 0.2) is 0 Å². The van der Waals surface area contributed by atoms with E-state index in [-0.39, 0.29) is 5.41 Å². The third kappa shape index (κ3) is 1.93. The molecule has 1 aliphatic carbocycles. The zero-order valence-corrected chi connectivity index (χ0v) is 15.7. The SMILES string of the molecule is CC(C)c1cc2c3c(ncnc3c1)-c1ccc3ccccc3c1C2(C)C. The second-order valence-corrected chi connectivity index (χ2v) is 8.17. The molecule has 0 saturated heterocycles. The second kappa shape index (κ2) is 5.14. The van der Waals surface area contributed by atoms with Gasteiger partial charge in [-0.1, -0.05) is 70.2 Å². The van der Waals surface area contributed by atoms with Gasteiger partial charge in [0.05, 0.1) is 11.2 Å². The number of nitrogens with zero attached hydrogens (tertiary/aromatic N) is 2. The van der Waals surface area contributed by atoms with Gasteiger partial charge in [-0.2, -0.15) is 0 Å². The number of hydrogen-bond donors (Lipinski definition) is 0. The first kappa shape index (κ1) is 15.5. The van der Waals surface area contributed by atoms with Crippen LogP contribution in [-0.4, -0.2) is 9.97 Å². The van der Waals surface area contributed by atoms with E-state index in [1.165, 1.54) is 38.4 Å². The first-order valence-corrected chi connectivity index (χ1v) is 9.30. The molecule has 26 heavy (non-hydrogen) atoms. The summed E-state index contributed by atoms with van der Waals surface area (Å²) in [5.74, 6) is 0.471. The van der Waals surface area contributed by atoms with Crippen LogP contribution in [0.3, 0.4) is 0 Å². The molecular weight excluding hydrogens is 316 g/mol. The van der Waals surface area contributed by atoms with Crippen molar-refractivity contribution in [2.45, 2.75) is 39.0 Å². The van der Waals surface area contributed by atoms with E-state index in [1.54, 1.807) is 6.33 Å². The zero-order valence-electron chi connectivity index (χ0n) is 15.7. The van der Waals surface area contributed by atoms with Crippen molar-refractivity contribution < 1.29 is 0 Å². The van der Waals surface area contributed by atoms with Crippen LogP contribution in [0.4, 0.5) is 0 Å². The molecule has 0 amide bonds. The lowest BCUT2D eigenvalue weighted by molar-refractivity contribution is 0.647. The zero-order chi connectivity index (χ0) is 18.1. The van der Waals surface area contributed by atoms with Gasteiger partial charge in [0.25, 0.3) is 0 Å². The van der Waals surface area contributed by atoms with E-state index in [9.17, 15) is 0 Å². The average molecular weight is 338 g/mol. The molecule has 0 unspecified atom stereocenters. The fraction of sp³-hybridized carbons (Fsp3) is 0.250. The molecule has 0 bridgehead atoms. The van der Waals surface area contributed by atoms with Gasteiger partial charge in [-0.05, 0) is 39.4 Å². The maximum atomic E-state index is 4.71.